The maximum Gasteiger partial charge on any atom is 0.341 e. The molecule has 5 nitrogen and oxygen atoms in total. The summed E-state index contributed by atoms with van der Waals surface area (Å²) < 4.78 is 11.2. The van der Waals surface area contributed by atoms with Crippen molar-refractivity contribution in [1.29, 1.82) is 0 Å². The number of nitrogens with zero attached hydrogens (tertiary/aromatic N) is 2. The predicted molar refractivity (Wildman–Crippen MR) is 129 cm³/mol. The van der Waals surface area contributed by atoms with Gasteiger partial charge in [-0.15, -0.1) is 0 Å². The molecule has 0 amide bonds. The van der Waals surface area contributed by atoms with E-state index < -0.39 is 5.97 Å². The Kier molecular flexibility index (Phi) is 8.26. The van der Waals surface area contributed by atoms with Crippen LogP contribution in [0.4, 0.5) is 11.4 Å². The van der Waals surface area contributed by atoms with Crippen molar-refractivity contribution < 1.29 is 14.3 Å². The molecule has 5 heteroatoms. The molecule has 0 saturated heterocycles. The van der Waals surface area contributed by atoms with Gasteiger partial charge in [0.15, 0.2) is 0 Å². The highest BCUT2D eigenvalue weighted by atomic mass is 16.5. The Morgan fingerprint density at radius 1 is 1.09 bits per heavy atom. The second-order valence-corrected chi connectivity index (χ2v) is 7.94. The van der Waals surface area contributed by atoms with Gasteiger partial charge in [0.1, 0.15) is 11.3 Å². The summed E-state index contributed by atoms with van der Waals surface area (Å²) in [5.41, 5.74) is 4.66. The van der Waals surface area contributed by atoms with Crippen LogP contribution in [-0.2, 0) is 11.2 Å². The van der Waals surface area contributed by atoms with Crippen molar-refractivity contribution in [2.24, 2.45) is 0 Å². The zero-order valence-corrected chi connectivity index (χ0v) is 19.4. The maximum absolute atomic E-state index is 12.3. The first-order chi connectivity index (χ1) is 15.5. The lowest BCUT2D eigenvalue weighted by Crippen LogP contribution is -2.20. The summed E-state index contributed by atoms with van der Waals surface area (Å²) in [6, 6.07) is 18.6. The number of anilines is 2. The highest BCUT2D eigenvalue weighted by Gasteiger charge is 2.19. The summed E-state index contributed by atoms with van der Waals surface area (Å²) in [7, 11) is 1.38. The predicted octanol–water partition coefficient (Wildman–Crippen LogP) is 6.16. The van der Waals surface area contributed by atoms with E-state index in [9.17, 15) is 4.79 Å². The van der Waals surface area contributed by atoms with Crippen molar-refractivity contribution in [3.63, 3.8) is 0 Å². The zero-order valence-electron chi connectivity index (χ0n) is 19.4. The van der Waals surface area contributed by atoms with Gasteiger partial charge in [-0.2, -0.15) is 0 Å². The molecule has 2 aromatic carbocycles. The Labute approximate surface area is 191 Å². The molecule has 168 valence electrons. The third kappa shape index (κ3) is 5.67. The van der Waals surface area contributed by atoms with E-state index in [2.05, 4.69) is 73.1 Å². The van der Waals surface area contributed by atoms with Gasteiger partial charge >= 0.3 is 5.97 Å². The van der Waals surface area contributed by atoms with Crippen molar-refractivity contribution in [1.82, 2.24) is 4.98 Å². The molecule has 0 spiro atoms. The summed E-state index contributed by atoms with van der Waals surface area (Å²) in [4.78, 5) is 18.5. The first kappa shape index (κ1) is 23.3. The van der Waals surface area contributed by atoms with Crippen molar-refractivity contribution >= 4 is 17.3 Å². The van der Waals surface area contributed by atoms with Crippen LogP contribution < -0.4 is 9.64 Å². The molecule has 0 N–H and O–H groups in total. The van der Waals surface area contributed by atoms with Crippen LogP contribution in [0, 0.1) is 0 Å². The second-order valence-electron chi connectivity index (χ2n) is 7.94. The average Bonchev–Trinajstić information content (AvgIpc) is 2.83. The van der Waals surface area contributed by atoms with E-state index >= 15 is 0 Å². The topological polar surface area (TPSA) is 51.7 Å². The van der Waals surface area contributed by atoms with Gasteiger partial charge in [0, 0.05) is 30.7 Å². The molecule has 0 bridgehead atoms. The molecule has 32 heavy (non-hydrogen) atoms. The van der Waals surface area contributed by atoms with Crippen molar-refractivity contribution in [2.75, 3.05) is 25.2 Å². The number of esters is 1. The summed E-state index contributed by atoms with van der Waals surface area (Å²) in [5, 5.41) is 0. The lowest BCUT2D eigenvalue weighted by atomic mass is 10.0. The van der Waals surface area contributed by atoms with Crippen LogP contribution in [0.3, 0.4) is 0 Å². The molecule has 0 saturated carbocycles. The van der Waals surface area contributed by atoms with Crippen molar-refractivity contribution in [3.8, 4) is 5.75 Å². The number of rotatable bonds is 10. The summed E-state index contributed by atoms with van der Waals surface area (Å²) >= 11 is 0. The van der Waals surface area contributed by atoms with Crippen molar-refractivity contribution in [3.05, 3.63) is 83.7 Å². The fraction of sp³-hybridized carbons (Fsp3) is 0.333. The van der Waals surface area contributed by atoms with Gasteiger partial charge in [0.05, 0.1) is 19.4 Å². The van der Waals surface area contributed by atoms with Crippen LogP contribution in [0.2, 0.25) is 0 Å². The molecular weight excluding hydrogens is 400 g/mol. The Bertz CT molecular complexity index is 1020. The number of hydrogen-bond donors (Lipinski definition) is 0. The minimum Gasteiger partial charge on any atom is -0.493 e. The van der Waals surface area contributed by atoms with Gasteiger partial charge < -0.3 is 14.4 Å². The van der Waals surface area contributed by atoms with E-state index in [4.69, 9.17) is 9.47 Å². The number of hydrogen-bond acceptors (Lipinski definition) is 5. The number of aromatic nitrogens is 1. The lowest BCUT2D eigenvalue weighted by Gasteiger charge is -2.26. The van der Waals surface area contributed by atoms with E-state index in [0.29, 0.717) is 24.6 Å². The molecule has 0 unspecified atom stereocenters. The molecule has 1 heterocycles. The molecular formula is C27H32N2O3. The summed E-state index contributed by atoms with van der Waals surface area (Å²) in [6.07, 6.45) is 5.17. The normalized spacial score (nSPS) is 10.8. The molecule has 0 aliphatic rings. The molecule has 3 aromatic rings. The molecule has 3 rings (SSSR count). The number of aryl methyl sites for hydroxylation is 1. The Morgan fingerprint density at radius 2 is 1.88 bits per heavy atom. The Morgan fingerprint density at radius 3 is 2.56 bits per heavy atom. The Hall–Kier alpha value is -3.34. The van der Waals surface area contributed by atoms with Gasteiger partial charge in [-0.25, -0.2) is 4.79 Å². The molecule has 0 fully saturated rings. The molecule has 0 aliphatic heterocycles. The molecule has 0 radical (unpaired) electrons. The smallest absolute Gasteiger partial charge is 0.341 e. The van der Waals surface area contributed by atoms with Gasteiger partial charge in [-0.05, 0) is 48.9 Å². The molecule has 0 atom stereocenters. The van der Waals surface area contributed by atoms with Crippen LogP contribution >= 0.6 is 0 Å². The molecule has 0 aliphatic carbocycles. The fourth-order valence-corrected chi connectivity index (χ4v) is 3.78. The quantitative estimate of drug-likeness (QED) is 0.284. The van der Waals surface area contributed by atoms with E-state index in [1.165, 1.54) is 18.2 Å². The fourth-order valence-electron chi connectivity index (χ4n) is 3.78. The Balaban J connectivity index is 1.83. The van der Waals surface area contributed by atoms with E-state index in [0.717, 1.165) is 30.0 Å². The maximum atomic E-state index is 12.3. The zero-order chi connectivity index (χ0) is 22.9. The highest BCUT2D eigenvalue weighted by molar-refractivity contribution is 5.96. The summed E-state index contributed by atoms with van der Waals surface area (Å²) in [6.45, 7) is 7.72. The number of methoxy groups -OCH3 is 1. The van der Waals surface area contributed by atoms with E-state index in [1.54, 1.807) is 12.4 Å². The standard InChI is InChI=1S/C27H32N2O3/c1-5-29(25-15-16-28-19-24(25)27(30)31-4)22-13-14-23(20(2)3)26(18-22)32-17-9-12-21-10-7-6-8-11-21/h6-8,10-11,13-16,18-20H,5,9,12,17H2,1-4H3. The number of pyridine rings is 1. The second kappa shape index (κ2) is 11.3. The number of carbonyl (C=O) groups is 1. The first-order valence-electron chi connectivity index (χ1n) is 11.2. The SMILES string of the molecule is CCN(c1ccc(C(C)C)c(OCCCc2ccccc2)c1)c1ccncc1C(=O)OC. The first-order valence-corrected chi connectivity index (χ1v) is 11.2. The number of ether oxygens (including phenoxy) is 2. The van der Waals surface area contributed by atoms with Gasteiger partial charge in [-0.1, -0.05) is 50.2 Å². The highest BCUT2D eigenvalue weighted by Crippen LogP contribution is 2.35. The lowest BCUT2D eigenvalue weighted by molar-refractivity contribution is 0.0601. The summed E-state index contributed by atoms with van der Waals surface area (Å²) in [5.74, 6) is 0.829. The minimum atomic E-state index is -0.400. The van der Waals surface area contributed by atoms with Gasteiger partial charge in [0.2, 0.25) is 0 Å². The monoisotopic (exact) mass is 432 g/mol. The average molecular weight is 433 g/mol. The van der Waals surface area contributed by atoms with Gasteiger partial charge in [-0.3, -0.25) is 4.98 Å². The third-order valence-corrected chi connectivity index (χ3v) is 5.45. The largest absolute Gasteiger partial charge is 0.493 e. The van der Waals surface area contributed by atoms with Crippen LogP contribution in [0.15, 0.2) is 67.0 Å². The number of benzene rings is 2. The third-order valence-electron chi connectivity index (χ3n) is 5.45. The van der Waals surface area contributed by atoms with E-state index in [1.807, 2.05) is 12.1 Å². The number of carbonyl (C=O) groups excluding carboxylic acids is 1. The van der Waals surface area contributed by atoms with Crippen molar-refractivity contribution in [2.45, 2.75) is 39.5 Å². The van der Waals surface area contributed by atoms with Crippen LogP contribution in [0.25, 0.3) is 0 Å². The van der Waals surface area contributed by atoms with Crippen LogP contribution in [0.5, 0.6) is 5.75 Å². The van der Waals surface area contributed by atoms with Crippen LogP contribution in [0.1, 0.15) is 54.6 Å². The van der Waals surface area contributed by atoms with E-state index in [-0.39, 0.29) is 0 Å². The van der Waals surface area contributed by atoms with Gasteiger partial charge in [0.25, 0.3) is 0 Å². The minimum absolute atomic E-state index is 0.342. The van der Waals surface area contributed by atoms with Crippen LogP contribution in [-0.4, -0.2) is 31.2 Å². The molecule has 1 aromatic heterocycles.